The second-order valence-corrected chi connectivity index (χ2v) is 1.42. The van der Waals surface area contributed by atoms with Gasteiger partial charge in [-0.25, -0.2) is 0 Å². The smallest absolute Gasteiger partial charge is 0.130 e. The van der Waals surface area contributed by atoms with Crippen molar-refractivity contribution in [1.82, 2.24) is 0 Å². The van der Waals surface area contributed by atoms with Crippen LogP contribution in [0.3, 0.4) is 0 Å². The molecule has 37 valence electrons. The quantitative estimate of drug-likeness (QED) is 0.485. The van der Waals surface area contributed by atoms with Crippen LogP contribution in [0.15, 0.2) is 0 Å². The maximum absolute atomic E-state index is 5.36. The van der Waals surface area contributed by atoms with Crippen molar-refractivity contribution < 1.29 is 4.74 Å². The third-order valence-corrected chi connectivity index (χ3v) is 0.879. The Bertz CT molecular complexity index is 26.7. The highest BCUT2D eigenvalue weighted by atomic mass is 35.5. The molecule has 0 aliphatic carbocycles. The molecule has 0 spiro atoms. The summed E-state index contributed by atoms with van der Waals surface area (Å²) >= 11 is 5.36. The van der Waals surface area contributed by atoms with Crippen LogP contribution in [0.25, 0.3) is 0 Å². The van der Waals surface area contributed by atoms with Crippen molar-refractivity contribution in [1.29, 1.82) is 0 Å². The minimum absolute atomic E-state index is 0.204. The van der Waals surface area contributed by atoms with Crippen molar-refractivity contribution in [2.75, 3.05) is 7.11 Å². The first-order chi connectivity index (χ1) is 2.81. The van der Waals surface area contributed by atoms with E-state index in [0.29, 0.717) is 6.42 Å². The van der Waals surface area contributed by atoms with Gasteiger partial charge < -0.3 is 4.74 Å². The van der Waals surface area contributed by atoms with Gasteiger partial charge in [-0.2, -0.15) is 0 Å². The third-order valence-electron chi connectivity index (χ3n) is 0.483. The van der Waals surface area contributed by atoms with Gasteiger partial charge in [0, 0.05) is 7.11 Å². The van der Waals surface area contributed by atoms with Crippen molar-refractivity contribution in [2.45, 2.75) is 12.0 Å². The second kappa shape index (κ2) is 3.44. The Morgan fingerprint density at radius 2 is 2.50 bits per heavy atom. The van der Waals surface area contributed by atoms with E-state index in [0.717, 1.165) is 0 Å². The van der Waals surface area contributed by atoms with E-state index in [1.165, 1.54) is 0 Å². The lowest BCUT2D eigenvalue weighted by Crippen LogP contribution is -1.96. The summed E-state index contributed by atoms with van der Waals surface area (Å²) < 4.78 is 4.60. The average Bonchev–Trinajstić information content (AvgIpc) is 1.65. The molecule has 0 heterocycles. The predicted molar refractivity (Wildman–Crippen MR) is 26.6 cm³/mol. The minimum atomic E-state index is -0.204. The summed E-state index contributed by atoms with van der Waals surface area (Å²) in [5.74, 6) is 0. The highest BCUT2D eigenvalue weighted by Gasteiger charge is 1.91. The number of hydrogen-bond acceptors (Lipinski definition) is 1. The van der Waals surface area contributed by atoms with Crippen LogP contribution < -0.4 is 0 Å². The number of ether oxygens (including phenoxy) is 1. The fourth-order valence-corrected chi connectivity index (χ4v) is 0.118. The fourth-order valence-electron chi connectivity index (χ4n) is 0.118. The first-order valence-corrected chi connectivity index (χ1v) is 2.21. The molecule has 0 saturated carbocycles. The van der Waals surface area contributed by atoms with Gasteiger partial charge in [0.15, 0.2) is 0 Å². The second-order valence-electron chi connectivity index (χ2n) is 0.934. The zero-order valence-corrected chi connectivity index (χ0v) is 4.53. The van der Waals surface area contributed by atoms with E-state index in [2.05, 4.69) is 11.7 Å². The van der Waals surface area contributed by atoms with Crippen LogP contribution in [0, 0.1) is 6.92 Å². The van der Waals surface area contributed by atoms with Gasteiger partial charge in [-0.3, -0.25) is 0 Å². The number of hydrogen-bond donors (Lipinski definition) is 0. The normalized spacial score (nSPS) is 14.5. The number of methoxy groups -OCH3 is 1. The lowest BCUT2D eigenvalue weighted by molar-refractivity contribution is 0.169. The Labute approximate surface area is 43.3 Å². The minimum Gasteiger partial charge on any atom is -0.366 e. The zero-order chi connectivity index (χ0) is 4.99. The van der Waals surface area contributed by atoms with Crippen molar-refractivity contribution in [3.8, 4) is 0 Å². The summed E-state index contributed by atoms with van der Waals surface area (Å²) in [6.45, 7) is 3.50. The summed E-state index contributed by atoms with van der Waals surface area (Å²) in [6, 6.07) is 0. The van der Waals surface area contributed by atoms with E-state index in [4.69, 9.17) is 11.6 Å². The summed E-state index contributed by atoms with van der Waals surface area (Å²) in [7, 11) is 1.56. The van der Waals surface area contributed by atoms with E-state index >= 15 is 0 Å². The molecule has 0 rings (SSSR count). The molecule has 0 bridgehead atoms. The topological polar surface area (TPSA) is 9.23 Å². The van der Waals surface area contributed by atoms with Gasteiger partial charge in [0.2, 0.25) is 0 Å². The van der Waals surface area contributed by atoms with Gasteiger partial charge in [-0.1, -0.05) is 11.6 Å². The molecule has 6 heavy (non-hydrogen) atoms. The molecule has 0 aliphatic rings. The first-order valence-electron chi connectivity index (χ1n) is 1.77. The monoisotopic (exact) mass is 107 g/mol. The van der Waals surface area contributed by atoms with Crippen LogP contribution in [0.5, 0.6) is 0 Å². The molecule has 0 aromatic heterocycles. The molecule has 0 amide bonds. The molecule has 0 aliphatic heterocycles. The summed E-state index contributed by atoms with van der Waals surface area (Å²) in [4.78, 5) is 0. The molecule has 0 saturated heterocycles. The summed E-state index contributed by atoms with van der Waals surface area (Å²) in [5, 5.41) is 0. The maximum Gasteiger partial charge on any atom is 0.130 e. The van der Waals surface area contributed by atoms with E-state index < -0.39 is 0 Å². The van der Waals surface area contributed by atoms with E-state index in [-0.39, 0.29) is 5.56 Å². The molecule has 0 fully saturated rings. The van der Waals surface area contributed by atoms with E-state index in [9.17, 15) is 0 Å². The van der Waals surface area contributed by atoms with Gasteiger partial charge in [0.25, 0.3) is 0 Å². The number of rotatable bonds is 2. The molecule has 1 radical (unpaired) electrons. The summed E-state index contributed by atoms with van der Waals surface area (Å²) in [5.41, 5.74) is -0.204. The molecule has 0 aromatic carbocycles. The Morgan fingerprint density at radius 1 is 2.00 bits per heavy atom. The van der Waals surface area contributed by atoms with Gasteiger partial charge in [-0.05, 0) is 13.3 Å². The number of alkyl halides is 1. The van der Waals surface area contributed by atoms with Crippen molar-refractivity contribution in [3.05, 3.63) is 6.92 Å². The first kappa shape index (κ1) is 6.25. The van der Waals surface area contributed by atoms with Crippen LogP contribution in [-0.2, 0) is 4.74 Å². The van der Waals surface area contributed by atoms with Crippen molar-refractivity contribution in [3.63, 3.8) is 0 Å². The zero-order valence-electron chi connectivity index (χ0n) is 3.78. The lowest BCUT2D eigenvalue weighted by Gasteiger charge is -1.98. The molecule has 0 aromatic rings. The molecule has 1 unspecified atom stereocenters. The van der Waals surface area contributed by atoms with E-state index in [1.54, 1.807) is 7.11 Å². The van der Waals surface area contributed by atoms with Crippen LogP contribution in [0.4, 0.5) is 0 Å². The fraction of sp³-hybridized carbons (Fsp3) is 0.750. The molecular weight excluding hydrogens is 99.5 g/mol. The van der Waals surface area contributed by atoms with Crippen molar-refractivity contribution >= 4 is 11.6 Å². The van der Waals surface area contributed by atoms with E-state index in [1.807, 2.05) is 0 Å². The summed E-state index contributed by atoms with van der Waals surface area (Å²) in [6.07, 6.45) is 0.623. The highest BCUT2D eigenvalue weighted by molar-refractivity contribution is 6.19. The van der Waals surface area contributed by atoms with Crippen LogP contribution in [-0.4, -0.2) is 12.7 Å². The lowest BCUT2D eigenvalue weighted by atomic mass is 10.5. The molecule has 0 N–H and O–H groups in total. The molecule has 2 heteroatoms. The molecular formula is C4H8ClO. The Hall–Kier alpha value is 0.250. The Balaban J connectivity index is 2.75. The van der Waals surface area contributed by atoms with Crippen molar-refractivity contribution in [2.24, 2.45) is 0 Å². The standard InChI is InChI=1S/C4H8ClO/c1-3-4(5)6-2/h4H,1,3H2,2H3. The van der Waals surface area contributed by atoms with Gasteiger partial charge in [-0.15, -0.1) is 0 Å². The number of halogens is 1. The third kappa shape index (κ3) is 2.49. The Morgan fingerprint density at radius 3 is 2.50 bits per heavy atom. The van der Waals surface area contributed by atoms with Gasteiger partial charge in [0.1, 0.15) is 5.56 Å². The SMILES string of the molecule is [CH2]CC(Cl)OC. The molecule has 1 nitrogen and oxygen atoms in total. The van der Waals surface area contributed by atoms with Crippen LogP contribution in [0.2, 0.25) is 0 Å². The largest absolute Gasteiger partial charge is 0.366 e. The highest BCUT2D eigenvalue weighted by Crippen LogP contribution is 1.98. The molecule has 1 atom stereocenters. The van der Waals surface area contributed by atoms with Gasteiger partial charge in [0.05, 0.1) is 0 Å². The van der Waals surface area contributed by atoms with Crippen LogP contribution >= 0.6 is 11.6 Å². The van der Waals surface area contributed by atoms with Crippen LogP contribution in [0.1, 0.15) is 6.42 Å². The van der Waals surface area contributed by atoms with Gasteiger partial charge >= 0.3 is 0 Å². The predicted octanol–water partition coefficient (Wildman–Crippen LogP) is 1.42. The Kier molecular flexibility index (Phi) is 3.58. The average molecular weight is 108 g/mol. The maximum atomic E-state index is 5.36.